The van der Waals surface area contributed by atoms with Crippen LogP contribution in [0.4, 0.5) is 0 Å². The van der Waals surface area contributed by atoms with Crippen LogP contribution in [0.1, 0.15) is 43.5 Å². The van der Waals surface area contributed by atoms with Crippen molar-refractivity contribution in [2.45, 2.75) is 45.6 Å². The molecule has 0 bridgehead atoms. The van der Waals surface area contributed by atoms with Crippen molar-refractivity contribution in [3.63, 3.8) is 0 Å². The van der Waals surface area contributed by atoms with Gasteiger partial charge in [0.2, 0.25) is 11.8 Å². The Hall–Kier alpha value is -2.37. The Balaban J connectivity index is 1.43. The molecule has 6 nitrogen and oxygen atoms in total. The predicted octanol–water partition coefficient (Wildman–Crippen LogP) is 2.39. The number of fused-ring (bicyclic) bond motifs is 1. The van der Waals surface area contributed by atoms with Gasteiger partial charge in [0, 0.05) is 26.2 Å². The third kappa shape index (κ3) is 2.97. The topological polar surface area (TPSA) is 57.9 Å². The Morgan fingerprint density at radius 2 is 2.08 bits per heavy atom. The highest BCUT2D eigenvalue weighted by Gasteiger charge is 2.45. The Labute approximate surface area is 153 Å². The van der Waals surface area contributed by atoms with Crippen LogP contribution in [0.5, 0.6) is 0 Å². The number of nitrogens with zero attached hydrogens (tertiary/aromatic N) is 4. The van der Waals surface area contributed by atoms with Crippen molar-refractivity contribution in [2.24, 2.45) is 5.41 Å². The molecular weight excluding hydrogens is 328 g/mol. The van der Waals surface area contributed by atoms with Crippen LogP contribution in [0.2, 0.25) is 0 Å². The molecule has 2 aromatic rings. The lowest BCUT2D eigenvalue weighted by Crippen LogP contribution is -2.39. The van der Waals surface area contributed by atoms with Crippen LogP contribution >= 0.6 is 0 Å². The highest BCUT2D eigenvalue weighted by atomic mass is 16.2. The molecule has 0 aromatic carbocycles. The molecule has 0 atom stereocenters. The van der Waals surface area contributed by atoms with Gasteiger partial charge in [-0.05, 0) is 37.3 Å². The highest BCUT2D eigenvalue weighted by molar-refractivity contribution is 5.86. The number of hydrogen-bond donors (Lipinski definition) is 0. The van der Waals surface area contributed by atoms with E-state index >= 15 is 0 Å². The minimum atomic E-state index is -0.0151. The zero-order valence-corrected chi connectivity index (χ0v) is 15.6. The smallest absolute Gasteiger partial charge is 0.242 e. The molecular formula is C20H26N4O2. The lowest BCUT2D eigenvalue weighted by atomic mass is 9.85. The summed E-state index contributed by atoms with van der Waals surface area (Å²) in [6.07, 6.45) is 7.26. The van der Waals surface area contributed by atoms with E-state index in [0.29, 0.717) is 13.0 Å². The normalized spacial score (nSPS) is 19.0. The lowest BCUT2D eigenvalue weighted by Gasteiger charge is -2.25. The molecule has 1 saturated carbocycles. The summed E-state index contributed by atoms with van der Waals surface area (Å²) in [6.45, 7) is 3.39. The summed E-state index contributed by atoms with van der Waals surface area (Å²) in [6, 6.07) is 5.88. The maximum absolute atomic E-state index is 12.7. The number of rotatable bonds is 4. The summed E-state index contributed by atoms with van der Waals surface area (Å²) in [5.41, 5.74) is 2.97. The zero-order valence-electron chi connectivity index (χ0n) is 15.6. The second kappa shape index (κ2) is 6.41. The highest BCUT2D eigenvalue weighted by Crippen LogP contribution is 2.45. The van der Waals surface area contributed by atoms with Crippen molar-refractivity contribution in [1.82, 2.24) is 19.2 Å². The molecule has 26 heavy (non-hydrogen) atoms. The summed E-state index contributed by atoms with van der Waals surface area (Å²) in [7, 11) is 1.80. The van der Waals surface area contributed by atoms with E-state index in [0.717, 1.165) is 36.4 Å². The summed E-state index contributed by atoms with van der Waals surface area (Å²) in [5.74, 6) is 0.123. The Morgan fingerprint density at radius 3 is 2.85 bits per heavy atom. The number of aryl methyl sites for hydroxylation is 1. The molecule has 1 aliphatic heterocycles. The first-order valence-electron chi connectivity index (χ1n) is 9.42. The molecule has 2 aromatic heterocycles. The van der Waals surface area contributed by atoms with E-state index in [1.54, 1.807) is 16.8 Å². The molecule has 2 aliphatic rings. The summed E-state index contributed by atoms with van der Waals surface area (Å²) in [5, 5.41) is 0. The second-order valence-corrected chi connectivity index (χ2v) is 7.96. The molecule has 138 valence electrons. The van der Waals surface area contributed by atoms with Gasteiger partial charge in [0.25, 0.3) is 0 Å². The largest absolute Gasteiger partial charge is 0.338 e. The quantitative estimate of drug-likeness (QED) is 0.847. The zero-order chi connectivity index (χ0) is 18.3. The number of carbonyl (C=O) groups is 2. The van der Waals surface area contributed by atoms with Gasteiger partial charge in [0.05, 0.1) is 24.5 Å². The summed E-state index contributed by atoms with van der Waals surface area (Å²) in [4.78, 5) is 33.1. The Bertz CT molecular complexity index is 851. The van der Waals surface area contributed by atoms with E-state index < -0.39 is 0 Å². The molecule has 2 fully saturated rings. The first-order chi connectivity index (χ1) is 12.5. The first kappa shape index (κ1) is 17.1. The number of imidazole rings is 1. The van der Waals surface area contributed by atoms with Crippen molar-refractivity contribution in [3.05, 3.63) is 35.8 Å². The molecule has 0 radical (unpaired) electrons. The number of likely N-dealkylation sites (tertiary alicyclic amines) is 1. The van der Waals surface area contributed by atoms with Crippen LogP contribution < -0.4 is 0 Å². The number of amides is 2. The van der Waals surface area contributed by atoms with E-state index in [4.69, 9.17) is 0 Å². The minimum absolute atomic E-state index is 0.0151. The van der Waals surface area contributed by atoms with Crippen LogP contribution in [0.3, 0.4) is 0 Å². The van der Waals surface area contributed by atoms with Gasteiger partial charge in [-0.15, -0.1) is 0 Å². The fraction of sp³-hybridized carbons (Fsp3) is 0.550. The molecule has 4 rings (SSSR count). The molecule has 1 saturated heterocycles. The molecule has 0 unspecified atom stereocenters. The molecule has 1 aliphatic carbocycles. The van der Waals surface area contributed by atoms with E-state index in [1.165, 1.54) is 12.8 Å². The van der Waals surface area contributed by atoms with Crippen LogP contribution in [0.15, 0.2) is 24.4 Å². The van der Waals surface area contributed by atoms with Crippen molar-refractivity contribution >= 4 is 17.5 Å². The van der Waals surface area contributed by atoms with Crippen molar-refractivity contribution in [3.8, 4) is 0 Å². The fourth-order valence-electron chi connectivity index (χ4n) is 4.54. The average Bonchev–Trinajstić information content (AvgIpc) is 3.27. The van der Waals surface area contributed by atoms with E-state index in [-0.39, 0.29) is 23.8 Å². The standard InChI is InChI=1S/C20H26N4O2/c1-15-16(24-10-6-3-7-17(24)21-15)12-22(2)19(26)13-23-14-20(11-18(23)25)8-4-5-9-20/h3,6-7,10H,4-5,8-9,11-14H2,1-2H3. The van der Waals surface area contributed by atoms with Gasteiger partial charge in [-0.2, -0.15) is 0 Å². The van der Waals surface area contributed by atoms with Crippen LogP contribution in [0, 0.1) is 12.3 Å². The SMILES string of the molecule is Cc1nc2ccccn2c1CN(C)C(=O)CN1CC2(CCCC2)CC1=O. The number of carbonyl (C=O) groups excluding carboxylic acids is 2. The number of pyridine rings is 1. The molecule has 3 heterocycles. The Kier molecular flexibility index (Phi) is 4.21. The third-order valence-corrected chi connectivity index (χ3v) is 6.04. The maximum Gasteiger partial charge on any atom is 0.242 e. The molecule has 2 amide bonds. The van der Waals surface area contributed by atoms with Gasteiger partial charge in [-0.3, -0.25) is 9.59 Å². The molecule has 0 N–H and O–H groups in total. The number of aromatic nitrogens is 2. The van der Waals surface area contributed by atoms with Crippen LogP contribution in [-0.4, -0.2) is 51.1 Å². The van der Waals surface area contributed by atoms with E-state index in [9.17, 15) is 9.59 Å². The Morgan fingerprint density at radius 1 is 1.31 bits per heavy atom. The van der Waals surface area contributed by atoms with Gasteiger partial charge in [0.1, 0.15) is 5.65 Å². The van der Waals surface area contributed by atoms with Gasteiger partial charge < -0.3 is 14.2 Å². The van der Waals surface area contributed by atoms with E-state index in [2.05, 4.69) is 4.98 Å². The monoisotopic (exact) mass is 354 g/mol. The van der Waals surface area contributed by atoms with Crippen molar-refractivity contribution < 1.29 is 9.59 Å². The maximum atomic E-state index is 12.7. The molecule has 6 heteroatoms. The third-order valence-electron chi connectivity index (χ3n) is 6.04. The lowest BCUT2D eigenvalue weighted by molar-refractivity contribution is -0.137. The van der Waals surface area contributed by atoms with E-state index in [1.807, 2.05) is 35.7 Å². The van der Waals surface area contributed by atoms with Gasteiger partial charge in [0.15, 0.2) is 0 Å². The van der Waals surface area contributed by atoms with Gasteiger partial charge in [-0.1, -0.05) is 18.9 Å². The van der Waals surface area contributed by atoms with Crippen molar-refractivity contribution in [2.75, 3.05) is 20.1 Å². The predicted molar refractivity (Wildman–Crippen MR) is 98.5 cm³/mol. The summed E-state index contributed by atoms with van der Waals surface area (Å²) >= 11 is 0. The number of hydrogen-bond acceptors (Lipinski definition) is 3. The summed E-state index contributed by atoms with van der Waals surface area (Å²) < 4.78 is 2.02. The molecule has 1 spiro atoms. The second-order valence-electron chi connectivity index (χ2n) is 7.96. The van der Waals surface area contributed by atoms with Crippen molar-refractivity contribution in [1.29, 1.82) is 0 Å². The van der Waals surface area contributed by atoms with Gasteiger partial charge >= 0.3 is 0 Å². The minimum Gasteiger partial charge on any atom is -0.338 e. The fourth-order valence-corrected chi connectivity index (χ4v) is 4.54. The average molecular weight is 354 g/mol. The van der Waals surface area contributed by atoms with Crippen LogP contribution in [-0.2, 0) is 16.1 Å². The number of likely N-dealkylation sites (N-methyl/N-ethyl adjacent to an activating group) is 1. The first-order valence-corrected chi connectivity index (χ1v) is 9.42. The van der Waals surface area contributed by atoms with Gasteiger partial charge in [-0.25, -0.2) is 4.98 Å². The van der Waals surface area contributed by atoms with Crippen LogP contribution in [0.25, 0.3) is 5.65 Å².